The summed E-state index contributed by atoms with van der Waals surface area (Å²) in [5.74, 6) is -0.682. The molecule has 0 unspecified atom stereocenters. The van der Waals surface area contributed by atoms with Crippen molar-refractivity contribution in [2.75, 3.05) is 13.7 Å². The number of hydrogen-bond donors (Lipinski definition) is 2. The average molecular weight is 384 g/mol. The smallest absolute Gasteiger partial charge is 0.228 e. The molecule has 0 saturated carbocycles. The number of carbonyl (C=O) groups is 2. The van der Waals surface area contributed by atoms with Crippen LogP contribution in [0.1, 0.15) is 54.0 Å². The fraction of sp³-hybridized carbons (Fsp3) is 0.364. The van der Waals surface area contributed by atoms with Crippen molar-refractivity contribution in [1.82, 2.24) is 0 Å². The highest BCUT2D eigenvalue weighted by Gasteiger charge is 2.47. The van der Waals surface area contributed by atoms with Gasteiger partial charge in [0.1, 0.15) is 17.6 Å². The highest BCUT2D eigenvalue weighted by Crippen LogP contribution is 2.52. The maximum atomic E-state index is 13.0. The minimum atomic E-state index is -0.719. The Bertz CT molecular complexity index is 966. The van der Waals surface area contributed by atoms with Gasteiger partial charge >= 0.3 is 0 Å². The molecule has 28 heavy (non-hydrogen) atoms. The van der Waals surface area contributed by atoms with E-state index in [9.17, 15) is 14.7 Å². The number of phenols is 1. The summed E-state index contributed by atoms with van der Waals surface area (Å²) >= 11 is 0. The molecule has 0 aromatic heterocycles. The van der Waals surface area contributed by atoms with Crippen LogP contribution in [0.25, 0.3) is 0 Å². The zero-order valence-corrected chi connectivity index (χ0v) is 16.6. The number of ether oxygens (including phenoxy) is 2. The van der Waals surface area contributed by atoms with E-state index in [1.807, 2.05) is 19.9 Å². The van der Waals surface area contributed by atoms with Crippen LogP contribution in [0, 0.1) is 0 Å². The quantitative estimate of drug-likeness (QED) is 0.775. The number of fused-ring (bicyclic) bond motifs is 3. The van der Waals surface area contributed by atoms with E-state index in [4.69, 9.17) is 14.6 Å². The van der Waals surface area contributed by atoms with E-state index in [0.717, 1.165) is 5.57 Å². The van der Waals surface area contributed by atoms with Crippen LogP contribution in [0.2, 0.25) is 0 Å². The van der Waals surface area contributed by atoms with Crippen molar-refractivity contribution < 1.29 is 29.3 Å². The Morgan fingerprint density at radius 1 is 1.36 bits per heavy atom. The second-order valence-electron chi connectivity index (χ2n) is 7.41. The molecule has 3 rings (SSSR count). The molecule has 0 amide bonds. The van der Waals surface area contributed by atoms with E-state index < -0.39 is 11.2 Å². The van der Waals surface area contributed by atoms with Gasteiger partial charge in [0.15, 0.2) is 11.5 Å². The summed E-state index contributed by atoms with van der Waals surface area (Å²) in [7, 11) is 1.34. The number of rotatable bonds is 4. The van der Waals surface area contributed by atoms with Crippen LogP contribution >= 0.6 is 0 Å². The molecule has 1 aliphatic carbocycles. The third kappa shape index (κ3) is 2.76. The fourth-order valence-electron chi connectivity index (χ4n) is 3.70. The molecule has 0 fully saturated rings. The van der Waals surface area contributed by atoms with Gasteiger partial charge in [0, 0.05) is 11.1 Å². The average Bonchev–Trinajstić information content (AvgIpc) is 2.91. The molecule has 148 valence electrons. The second-order valence-corrected chi connectivity index (χ2v) is 7.41. The number of allylic oxidation sites excluding steroid dienone is 4. The number of methoxy groups -OCH3 is 1. The zero-order valence-electron chi connectivity index (χ0n) is 16.6. The first kappa shape index (κ1) is 19.9. The summed E-state index contributed by atoms with van der Waals surface area (Å²) in [6, 6.07) is 1.32. The molecule has 2 atom stereocenters. The number of Topliss-reactive ketones (excluding diaryl/α,β-unsaturated/α-hetero) is 2. The van der Waals surface area contributed by atoms with Crippen LogP contribution in [-0.2, 0) is 10.2 Å². The lowest BCUT2D eigenvalue weighted by Gasteiger charge is -2.25. The first-order valence-corrected chi connectivity index (χ1v) is 9.04. The van der Waals surface area contributed by atoms with Crippen LogP contribution in [0.5, 0.6) is 11.5 Å². The standard InChI is InChI=1S/C22H24O6/c1-11(10-23)7-6-8-22(4)13(3)28-21-16-14(9-15(24)17(21)22)19(26)20(27-5)12(2)18(16)25/h6-9,13,23-24H,10H2,1-5H3/b8-6+,11-7+/t13-,22+/m1/s1. The lowest BCUT2D eigenvalue weighted by Crippen LogP contribution is -2.30. The SMILES string of the molecule is COC1=C(C)C(=O)c2c(cc(O)c3c2O[C@H](C)[C@]3(C)/C=C/C=C(\C)CO)C1=O. The molecule has 1 aromatic carbocycles. The van der Waals surface area contributed by atoms with Gasteiger partial charge in [-0.2, -0.15) is 0 Å². The van der Waals surface area contributed by atoms with Gasteiger partial charge in [-0.15, -0.1) is 0 Å². The van der Waals surface area contributed by atoms with Gasteiger partial charge in [-0.1, -0.05) is 18.2 Å². The first-order valence-electron chi connectivity index (χ1n) is 9.04. The molecular weight excluding hydrogens is 360 g/mol. The summed E-state index contributed by atoms with van der Waals surface area (Å²) in [4.78, 5) is 25.7. The molecule has 6 heteroatoms. The van der Waals surface area contributed by atoms with Crippen molar-refractivity contribution >= 4 is 11.6 Å². The molecule has 0 spiro atoms. The van der Waals surface area contributed by atoms with Gasteiger partial charge in [0.2, 0.25) is 5.78 Å². The summed E-state index contributed by atoms with van der Waals surface area (Å²) in [5.41, 5.74) is 1.01. The van der Waals surface area contributed by atoms with E-state index in [1.54, 1.807) is 26.0 Å². The summed E-state index contributed by atoms with van der Waals surface area (Å²) < 4.78 is 11.1. The minimum absolute atomic E-state index is 0.0184. The van der Waals surface area contributed by atoms with Crippen LogP contribution in [0.4, 0.5) is 0 Å². The van der Waals surface area contributed by atoms with Crippen molar-refractivity contribution in [2.24, 2.45) is 0 Å². The maximum Gasteiger partial charge on any atom is 0.228 e. The van der Waals surface area contributed by atoms with E-state index in [0.29, 0.717) is 5.56 Å². The Hall–Kier alpha value is -2.86. The predicted molar refractivity (Wildman–Crippen MR) is 104 cm³/mol. The lowest BCUT2D eigenvalue weighted by atomic mass is 9.76. The number of carbonyl (C=O) groups excluding carboxylic acids is 2. The highest BCUT2D eigenvalue weighted by atomic mass is 16.5. The number of aromatic hydroxyl groups is 1. The van der Waals surface area contributed by atoms with Crippen LogP contribution in [-0.4, -0.2) is 41.6 Å². The Kier molecular flexibility index (Phi) is 4.93. The van der Waals surface area contributed by atoms with E-state index in [-0.39, 0.29) is 52.5 Å². The maximum absolute atomic E-state index is 13.0. The van der Waals surface area contributed by atoms with Crippen molar-refractivity contribution in [3.8, 4) is 11.5 Å². The largest absolute Gasteiger partial charge is 0.507 e. The van der Waals surface area contributed by atoms with Gasteiger partial charge in [-0.25, -0.2) is 0 Å². The molecule has 0 saturated heterocycles. The van der Waals surface area contributed by atoms with Gasteiger partial charge in [0.25, 0.3) is 0 Å². The number of aliphatic hydroxyl groups is 1. The van der Waals surface area contributed by atoms with Gasteiger partial charge < -0.3 is 19.7 Å². The Morgan fingerprint density at radius 3 is 2.64 bits per heavy atom. The molecule has 1 aliphatic heterocycles. The summed E-state index contributed by atoms with van der Waals surface area (Å²) in [5, 5.41) is 19.9. The first-order chi connectivity index (χ1) is 13.2. The second kappa shape index (κ2) is 6.95. The van der Waals surface area contributed by atoms with E-state index >= 15 is 0 Å². The number of ketones is 2. The van der Waals surface area contributed by atoms with Crippen molar-refractivity contribution in [3.05, 3.63) is 57.9 Å². The molecule has 6 nitrogen and oxygen atoms in total. The number of aliphatic hydroxyl groups excluding tert-OH is 1. The van der Waals surface area contributed by atoms with Crippen LogP contribution < -0.4 is 4.74 Å². The summed E-state index contributed by atoms with van der Waals surface area (Å²) in [6.07, 6.45) is 5.06. The fourth-order valence-corrected chi connectivity index (χ4v) is 3.70. The molecule has 0 bridgehead atoms. The minimum Gasteiger partial charge on any atom is -0.507 e. The zero-order chi connectivity index (χ0) is 20.8. The Balaban J connectivity index is 2.21. The van der Waals surface area contributed by atoms with Crippen molar-refractivity contribution in [2.45, 2.75) is 39.2 Å². The van der Waals surface area contributed by atoms with Crippen LogP contribution in [0.3, 0.4) is 0 Å². The molecule has 2 N–H and O–H groups in total. The molecule has 0 radical (unpaired) electrons. The van der Waals surface area contributed by atoms with Gasteiger partial charge in [-0.05, 0) is 39.3 Å². The lowest BCUT2D eigenvalue weighted by molar-refractivity contribution is 0.0902. The van der Waals surface area contributed by atoms with Gasteiger partial charge in [0.05, 0.1) is 30.3 Å². The highest BCUT2D eigenvalue weighted by molar-refractivity contribution is 6.27. The number of hydrogen-bond acceptors (Lipinski definition) is 6. The van der Waals surface area contributed by atoms with E-state index in [1.165, 1.54) is 13.2 Å². The monoisotopic (exact) mass is 384 g/mol. The molecule has 1 heterocycles. The normalized spacial score (nSPS) is 24.5. The summed E-state index contributed by atoms with van der Waals surface area (Å²) in [6.45, 7) is 7.04. The molecule has 2 aliphatic rings. The van der Waals surface area contributed by atoms with Crippen molar-refractivity contribution in [3.63, 3.8) is 0 Å². The Labute approximate surface area is 163 Å². The van der Waals surface area contributed by atoms with Crippen molar-refractivity contribution in [1.29, 1.82) is 0 Å². The molecular formula is C22H24O6. The topological polar surface area (TPSA) is 93.1 Å². The van der Waals surface area contributed by atoms with Crippen LogP contribution in [0.15, 0.2) is 41.2 Å². The Morgan fingerprint density at radius 2 is 2.04 bits per heavy atom. The van der Waals surface area contributed by atoms with Gasteiger partial charge in [-0.3, -0.25) is 9.59 Å². The third-order valence-corrected chi connectivity index (χ3v) is 5.57. The number of phenolic OH excluding ortho intramolecular Hbond substituents is 1. The number of benzene rings is 1. The predicted octanol–water partition coefficient (Wildman–Crippen LogP) is 3.23. The van der Waals surface area contributed by atoms with E-state index in [2.05, 4.69) is 0 Å². The third-order valence-electron chi connectivity index (χ3n) is 5.57. The molecule has 1 aromatic rings.